The molecule has 1 fully saturated rings. The first-order valence-corrected chi connectivity index (χ1v) is 13.2. The van der Waals surface area contributed by atoms with E-state index in [4.69, 9.17) is 0 Å². The Morgan fingerprint density at radius 3 is 1.14 bits per heavy atom. The van der Waals surface area contributed by atoms with Crippen LogP contribution in [0.1, 0.15) is 40.5 Å². The van der Waals surface area contributed by atoms with Crippen LogP contribution in [0, 0.1) is 11.8 Å². The summed E-state index contributed by atoms with van der Waals surface area (Å²) in [5.41, 5.74) is 0. The second-order valence-corrected chi connectivity index (χ2v) is 12.4. The molecular weight excluding hydrogens is 510 g/mol. The van der Waals surface area contributed by atoms with E-state index in [-0.39, 0.29) is 24.4 Å². The maximum absolute atomic E-state index is 9.80. The van der Waals surface area contributed by atoms with Crippen LogP contribution in [0.2, 0.25) is 0 Å². The van der Waals surface area contributed by atoms with Crippen molar-refractivity contribution < 1.29 is 81.3 Å². The molecule has 1 rings (SSSR count). The number of nitrogens with zero attached hydrogens (tertiary/aromatic N) is 2. The molecule has 0 aromatic heterocycles. The van der Waals surface area contributed by atoms with Crippen LogP contribution in [0.15, 0.2) is 0 Å². The minimum absolute atomic E-state index is 0.389. The van der Waals surface area contributed by atoms with Crippen LogP contribution in [0.5, 0.6) is 0 Å². The molecule has 0 aliphatic heterocycles. The van der Waals surface area contributed by atoms with E-state index in [2.05, 4.69) is 9.80 Å². The molecule has 0 bridgehead atoms. The third kappa shape index (κ3) is 11.4. The standard InChI is InChI=1S/C20H38N2O4.2Y/c1-15(23)9-21(10-16(2)24)13-19-5-7-20(8-6-19)14-22(11-17(3)25)12-18(4)26;;/h15-20,23-26H,5,8-14H2,1-4H3;;. The molecule has 0 saturated heterocycles. The number of rotatable bonds is 12. The molecule has 0 radical (unpaired) electrons. The van der Waals surface area contributed by atoms with Gasteiger partial charge in [0.25, 0.3) is 0 Å². The Kier molecular flexibility index (Phi) is 13.8. The van der Waals surface area contributed by atoms with E-state index in [1.165, 1.54) is 0 Å². The quantitative estimate of drug-likeness (QED) is 0.265. The van der Waals surface area contributed by atoms with Crippen LogP contribution < -0.4 is 0 Å². The summed E-state index contributed by atoms with van der Waals surface area (Å²) in [7, 11) is 0. The van der Waals surface area contributed by atoms with E-state index in [1.807, 2.05) is 0 Å². The molecule has 8 heteroatoms. The molecule has 6 unspecified atom stereocenters. The predicted octanol–water partition coefficient (Wildman–Crippen LogP) is -0.422. The number of hydrogen-bond acceptors (Lipinski definition) is 6. The Morgan fingerprint density at radius 1 is 0.679 bits per heavy atom. The monoisotopic (exact) mass is 548 g/mol. The van der Waals surface area contributed by atoms with Gasteiger partial charge in [-0.05, 0) is 0 Å². The van der Waals surface area contributed by atoms with Crippen molar-refractivity contribution in [1.29, 1.82) is 0 Å². The zero-order valence-corrected chi connectivity index (χ0v) is 23.6. The van der Waals surface area contributed by atoms with Crippen LogP contribution in [-0.2, 0) is 60.9 Å². The Hall–Kier alpha value is 1.71. The van der Waals surface area contributed by atoms with Gasteiger partial charge in [0.2, 0.25) is 0 Å². The topological polar surface area (TPSA) is 87.4 Å². The van der Waals surface area contributed by atoms with Crippen molar-refractivity contribution in [2.45, 2.75) is 65.0 Å². The SMILES string of the molecule is CC(O)CN(CC(C)O)CC1C[C](=[Y])C(CN(CC(C)O)CC(C)O)C[C]1=[Y]. The van der Waals surface area contributed by atoms with Gasteiger partial charge in [-0.15, -0.1) is 0 Å². The van der Waals surface area contributed by atoms with Gasteiger partial charge < -0.3 is 0 Å². The van der Waals surface area contributed by atoms with Crippen molar-refractivity contribution in [2.24, 2.45) is 11.8 Å². The normalized spacial score (nSPS) is 25.4. The van der Waals surface area contributed by atoms with Crippen molar-refractivity contribution in [3.63, 3.8) is 0 Å². The molecule has 1 aliphatic carbocycles. The zero-order chi connectivity index (χ0) is 21.4. The molecule has 0 spiro atoms. The summed E-state index contributed by atoms with van der Waals surface area (Å²) in [6, 6.07) is 0. The summed E-state index contributed by atoms with van der Waals surface area (Å²) in [6.07, 6.45) is 0.661. The van der Waals surface area contributed by atoms with Crippen LogP contribution in [0.25, 0.3) is 0 Å². The van der Waals surface area contributed by atoms with Crippen LogP contribution in [-0.4, -0.2) is 98.5 Å². The van der Waals surface area contributed by atoms with Crippen molar-refractivity contribution in [3.05, 3.63) is 0 Å². The molecule has 158 valence electrons. The molecule has 0 heterocycles. The van der Waals surface area contributed by atoms with E-state index in [1.54, 1.807) is 32.3 Å². The molecule has 4 N–H and O–H groups in total. The van der Waals surface area contributed by atoms with Crippen molar-refractivity contribution in [3.8, 4) is 0 Å². The third-order valence-corrected chi connectivity index (χ3v) is 8.54. The zero-order valence-electron chi connectivity index (χ0n) is 18.0. The first kappa shape index (κ1) is 27.7. The summed E-state index contributed by atoms with van der Waals surface area (Å²) >= 11 is 2.27. The summed E-state index contributed by atoms with van der Waals surface area (Å²) in [5, 5.41) is 39.2. The van der Waals surface area contributed by atoms with Gasteiger partial charge in [-0.25, -0.2) is 0 Å². The minimum atomic E-state index is -0.389. The third-order valence-electron chi connectivity index (χ3n) is 5.06. The molecule has 1 saturated carbocycles. The Labute approximate surface area is 209 Å². The Bertz CT molecular complexity index is 437. The van der Waals surface area contributed by atoms with Gasteiger partial charge in [-0.1, -0.05) is 0 Å². The summed E-state index contributed by atoms with van der Waals surface area (Å²) in [4.78, 5) is 4.41. The van der Waals surface area contributed by atoms with E-state index in [0.29, 0.717) is 38.0 Å². The summed E-state index contributed by atoms with van der Waals surface area (Å²) in [5.74, 6) is 1.06. The van der Waals surface area contributed by atoms with E-state index < -0.39 is 0 Å². The fraction of sp³-hybridized carbons (Fsp3) is 0.900. The van der Waals surface area contributed by atoms with Gasteiger partial charge in [0.05, 0.1) is 0 Å². The Morgan fingerprint density at radius 2 is 0.929 bits per heavy atom. The molecule has 0 aromatic carbocycles. The van der Waals surface area contributed by atoms with Crippen LogP contribution in [0.3, 0.4) is 0 Å². The average molecular weight is 548 g/mol. The maximum atomic E-state index is 9.80. The number of hydrogen-bond donors (Lipinski definition) is 4. The van der Waals surface area contributed by atoms with Gasteiger partial charge in [-0.3, -0.25) is 0 Å². The van der Waals surface area contributed by atoms with E-state index in [0.717, 1.165) is 86.8 Å². The first-order chi connectivity index (χ1) is 13.0. The fourth-order valence-electron chi connectivity index (χ4n) is 4.09. The molecule has 0 aromatic rings. The van der Waals surface area contributed by atoms with Gasteiger partial charge in [0.1, 0.15) is 0 Å². The molecule has 6 atom stereocenters. The molecule has 6 nitrogen and oxygen atoms in total. The van der Waals surface area contributed by atoms with E-state index >= 15 is 0 Å². The van der Waals surface area contributed by atoms with Crippen molar-refractivity contribution in [2.75, 3.05) is 39.3 Å². The first-order valence-electron chi connectivity index (χ1n) is 10.4. The summed E-state index contributed by atoms with van der Waals surface area (Å²) in [6.45, 7) is 11.5. The molecule has 0 amide bonds. The van der Waals surface area contributed by atoms with Crippen LogP contribution >= 0.6 is 0 Å². The fourth-order valence-corrected chi connectivity index (χ4v) is 6.59. The van der Waals surface area contributed by atoms with Crippen molar-refractivity contribution >= 4 is 4.60 Å². The summed E-state index contributed by atoms with van der Waals surface area (Å²) < 4.78 is 3.23. The van der Waals surface area contributed by atoms with Crippen LogP contribution in [0.4, 0.5) is 0 Å². The van der Waals surface area contributed by atoms with Crippen molar-refractivity contribution in [1.82, 2.24) is 9.80 Å². The molecule has 28 heavy (non-hydrogen) atoms. The molecule has 1 aliphatic rings. The van der Waals surface area contributed by atoms with Gasteiger partial charge >= 0.3 is 212 Å². The second-order valence-electron chi connectivity index (χ2n) is 8.79. The van der Waals surface area contributed by atoms with Gasteiger partial charge in [0.15, 0.2) is 0 Å². The molecular formula is C20H38N2O4Y2. The predicted molar refractivity (Wildman–Crippen MR) is 106 cm³/mol. The average Bonchev–Trinajstić information content (AvgIpc) is 2.49. The second kappa shape index (κ2) is 14.0. The Balaban J connectivity index is 2.71. The van der Waals surface area contributed by atoms with Gasteiger partial charge in [0, 0.05) is 0 Å². The number of aliphatic hydroxyl groups excluding tert-OH is 4. The van der Waals surface area contributed by atoms with Gasteiger partial charge in [-0.2, -0.15) is 0 Å². The van der Waals surface area contributed by atoms with E-state index in [9.17, 15) is 20.4 Å². The number of aliphatic hydroxyl groups is 4.